The normalized spacial score (nSPS) is 10.9. The van der Waals surface area contributed by atoms with Gasteiger partial charge in [0.05, 0.1) is 13.2 Å². The summed E-state index contributed by atoms with van der Waals surface area (Å²) in [6.07, 6.45) is 0. The Morgan fingerprint density at radius 2 is 1.67 bits per heavy atom. The summed E-state index contributed by atoms with van der Waals surface area (Å²) in [5.41, 5.74) is 0. The average Bonchev–Trinajstić information content (AvgIpc) is 1.80. The fraction of sp³-hybridized carbons (Fsp3) is 1.00. The first kappa shape index (κ1) is 14.6. The van der Waals surface area contributed by atoms with E-state index in [1.54, 1.807) is 0 Å². The Morgan fingerprint density at radius 1 is 1.33 bits per heavy atom. The highest BCUT2D eigenvalue weighted by atomic mass is 31.2. The first-order chi connectivity index (χ1) is 5.29. The van der Waals surface area contributed by atoms with E-state index in [9.17, 15) is 4.57 Å². The highest BCUT2D eigenvalue weighted by Crippen LogP contribution is 2.36. The van der Waals surface area contributed by atoms with E-state index in [0.29, 0.717) is 0 Å². The second-order valence-electron chi connectivity index (χ2n) is 3.15. The minimum absolute atomic E-state index is 0.0638. The van der Waals surface area contributed by atoms with Crippen molar-refractivity contribution in [2.45, 2.75) is 0 Å². The van der Waals surface area contributed by atoms with E-state index in [4.69, 9.17) is 5.11 Å². The van der Waals surface area contributed by atoms with Gasteiger partial charge in [0.15, 0.2) is 7.37 Å². The summed E-state index contributed by atoms with van der Waals surface area (Å²) >= 11 is 0. The molecule has 0 aromatic carbocycles. The lowest BCUT2D eigenvalue weighted by atomic mass is 10.8. The van der Waals surface area contributed by atoms with Gasteiger partial charge in [-0.3, -0.25) is 4.57 Å². The van der Waals surface area contributed by atoms with E-state index in [2.05, 4.69) is 4.52 Å². The maximum Gasteiger partial charge on any atom is 0.197 e. The predicted molar refractivity (Wildman–Crippen MR) is 52.1 cm³/mol. The molecule has 0 aromatic heterocycles. The van der Waals surface area contributed by atoms with Gasteiger partial charge in [-0.25, -0.2) is 0 Å². The molecule has 5 heteroatoms. The van der Waals surface area contributed by atoms with Gasteiger partial charge < -0.3 is 14.5 Å². The van der Waals surface area contributed by atoms with Gasteiger partial charge in [0, 0.05) is 13.3 Å². The van der Waals surface area contributed by atoms with Gasteiger partial charge in [-0.15, -0.1) is 0 Å². The average molecular weight is 197 g/mol. The Labute approximate surface area is 75.0 Å². The monoisotopic (exact) mass is 197 g/mol. The molecule has 76 valence electrons. The van der Waals surface area contributed by atoms with E-state index in [-0.39, 0.29) is 13.2 Å². The second-order valence-corrected chi connectivity index (χ2v) is 5.91. The molecule has 4 nitrogen and oxygen atoms in total. The fourth-order valence-electron chi connectivity index (χ4n) is 0.261. The fourth-order valence-corrected chi connectivity index (χ4v) is 0.782. The molecule has 0 aliphatic carbocycles. The van der Waals surface area contributed by atoms with Gasteiger partial charge in [0.25, 0.3) is 0 Å². The topological polar surface area (TPSA) is 49.8 Å². The molecule has 0 atom stereocenters. The molecule has 0 radical (unpaired) electrons. The number of hydrogen-bond donors (Lipinski definition) is 1. The molecule has 0 spiro atoms. The zero-order chi connectivity index (χ0) is 10.2. The number of rotatable bonds is 3. The summed E-state index contributed by atoms with van der Waals surface area (Å²) in [6, 6.07) is 0. The van der Waals surface area contributed by atoms with Crippen LogP contribution in [0.15, 0.2) is 0 Å². The molecule has 0 unspecified atom stereocenters. The van der Waals surface area contributed by atoms with Crippen LogP contribution in [0, 0.1) is 0 Å². The van der Waals surface area contributed by atoms with Crippen LogP contribution in [0.2, 0.25) is 0 Å². The van der Waals surface area contributed by atoms with Crippen LogP contribution in [0.25, 0.3) is 0 Å². The van der Waals surface area contributed by atoms with Crippen LogP contribution < -0.4 is 0 Å². The Kier molecular flexibility index (Phi) is 9.44. The number of aliphatic hydroxyl groups is 1. The van der Waals surface area contributed by atoms with Crippen molar-refractivity contribution in [3.8, 4) is 0 Å². The van der Waals surface area contributed by atoms with Gasteiger partial charge in [0.2, 0.25) is 0 Å². The third-order valence-corrected chi connectivity index (χ3v) is 1.30. The minimum atomic E-state index is -2.34. The molecular weight excluding hydrogens is 177 g/mol. The van der Waals surface area contributed by atoms with Crippen molar-refractivity contribution in [1.82, 2.24) is 4.90 Å². The van der Waals surface area contributed by atoms with Crippen molar-refractivity contribution < 1.29 is 14.2 Å². The molecule has 0 heterocycles. The van der Waals surface area contributed by atoms with Gasteiger partial charge >= 0.3 is 0 Å². The molecule has 0 saturated carbocycles. The van der Waals surface area contributed by atoms with Gasteiger partial charge in [-0.05, 0) is 21.1 Å². The number of nitrogens with zero attached hydrogens (tertiary/aromatic N) is 1. The van der Waals surface area contributed by atoms with Crippen molar-refractivity contribution >= 4 is 7.37 Å². The lowest BCUT2D eigenvalue weighted by Crippen LogP contribution is -1.99. The van der Waals surface area contributed by atoms with Crippen LogP contribution >= 0.6 is 7.37 Å². The number of aliphatic hydroxyl groups excluding tert-OH is 1. The van der Waals surface area contributed by atoms with E-state index in [0.717, 1.165) is 0 Å². The summed E-state index contributed by atoms with van der Waals surface area (Å²) in [7, 11) is 3.66. The largest absolute Gasteiger partial charge is 0.394 e. The van der Waals surface area contributed by atoms with Gasteiger partial charge in [0.1, 0.15) is 0 Å². The summed E-state index contributed by atoms with van der Waals surface area (Å²) in [6.45, 7) is 3.14. The second kappa shape index (κ2) is 7.74. The first-order valence-electron chi connectivity index (χ1n) is 3.71. The van der Waals surface area contributed by atoms with Gasteiger partial charge in [-0.1, -0.05) is 0 Å². The van der Waals surface area contributed by atoms with E-state index < -0.39 is 7.37 Å². The molecular formula is C7H20NO3P. The predicted octanol–water partition coefficient (Wildman–Crippen LogP) is 0.711. The Balaban J connectivity index is 0. The van der Waals surface area contributed by atoms with Crippen LogP contribution in [-0.2, 0) is 9.09 Å². The SMILES string of the molecule is CN(C)C.CP(C)(=O)OCCO. The summed E-state index contributed by atoms with van der Waals surface area (Å²) in [5.74, 6) is 0. The smallest absolute Gasteiger partial charge is 0.197 e. The van der Waals surface area contributed by atoms with Crippen LogP contribution in [-0.4, -0.2) is 57.7 Å². The summed E-state index contributed by atoms with van der Waals surface area (Å²) in [4.78, 5) is 2.00. The maximum absolute atomic E-state index is 10.6. The maximum atomic E-state index is 10.6. The standard InChI is InChI=1S/C4H11O3P.C3H9N/c1-8(2,6)7-4-3-5;1-4(2)3/h5H,3-4H2,1-2H3;1-3H3. The van der Waals surface area contributed by atoms with Crippen molar-refractivity contribution in [1.29, 1.82) is 0 Å². The molecule has 0 aromatic rings. The van der Waals surface area contributed by atoms with Crippen molar-refractivity contribution in [3.63, 3.8) is 0 Å². The molecule has 1 N–H and O–H groups in total. The summed E-state index contributed by atoms with van der Waals surface area (Å²) < 4.78 is 15.3. The zero-order valence-electron chi connectivity index (χ0n) is 8.57. The molecule has 0 rings (SSSR count). The van der Waals surface area contributed by atoms with E-state index in [1.165, 1.54) is 13.3 Å². The molecule has 12 heavy (non-hydrogen) atoms. The van der Waals surface area contributed by atoms with Crippen LogP contribution in [0.3, 0.4) is 0 Å². The van der Waals surface area contributed by atoms with Crippen molar-refractivity contribution in [3.05, 3.63) is 0 Å². The Bertz CT molecular complexity index is 130. The van der Waals surface area contributed by atoms with Gasteiger partial charge in [-0.2, -0.15) is 0 Å². The van der Waals surface area contributed by atoms with Crippen LogP contribution in [0.4, 0.5) is 0 Å². The lowest BCUT2D eigenvalue weighted by Gasteiger charge is -2.04. The molecule has 0 aliphatic rings. The first-order valence-corrected chi connectivity index (χ1v) is 6.23. The Hall–Kier alpha value is 0.110. The van der Waals surface area contributed by atoms with E-state index in [1.807, 2.05) is 26.0 Å². The third kappa shape index (κ3) is 32.1. The Morgan fingerprint density at radius 3 is 1.75 bits per heavy atom. The minimum Gasteiger partial charge on any atom is -0.394 e. The van der Waals surface area contributed by atoms with E-state index >= 15 is 0 Å². The molecule has 0 saturated heterocycles. The summed E-state index contributed by atoms with van der Waals surface area (Å²) in [5, 5.41) is 8.18. The quantitative estimate of drug-likeness (QED) is 0.677. The molecule has 0 aliphatic heterocycles. The number of hydrogen-bond acceptors (Lipinski definition) is 4. The van der Waals surface area contributed by atoms with Crippen molar-refractivity contribution in [2.24, 2.45) is 0 Å². The van der Waals surface area contributed by atoms with Crippen LogP contribution in [0.1, 0.15) is 0 Å². The molecule has 0 bridgehead atoms. The molecule has 0 amide bonds. The van der Waals surface area contributed by atoms with Crippen molar-refractivity contribution in [2.75, 3.05) is 47.7 Å². The third-order valence-electron chi connectivity index (χ3n) is 0.493. The lowest BCUT2D eigenvalue weighted by molar-refractivity contribution is 0.205. The van der Waals surface area contributed by atoms with Crippen LogP contribution in [0.5, 0.6) is 0 Å². The zero-order valence-corrected chi connectivity index (χ0v) is 9.47. The highest BCUT2D eigenvalue weighted by Gasteiger charge is 2.03. The highest BCUT2D eigenvalue weighted by molar-refractivity contribution is 7.57. The molecule has 0 fully saturated rings.